The van der Waals surface area contributed by atoms with Crippen LogP contribution in [0.4, 0.5) is 23.2 Å². The van der Waals surface area contributed by atoms with Crippen molar-refractivity contribution in [2.24, 2.45) is 0 Å². The Hall–Kier alpha value is -2.93. The molecule has 0 aliphatic carbocycles. The molecule has 0 aliphatic heterocycles. The predicted molar refractivity (Wildman–Crippen MR) is 113 cm³/mol. The average molecular weight is 503 g/mol. The summed E-state index contributed by atoms with van der Waals surface area (Å²) < 4.78 is 73.3. The zero-order chi connectivity index (χ0) is 24.3. The number of hydrogen-bond donors (Lipinski definition) is 2. The Labute approximate surface area is 193 Å². The number of hydrogen-bond acceptors (Lipinski definition) is 6. The highest BCUT2D eigenvalue weighted by Gasteiger charge is 2.35. The number of carbonyl (C=O) groups excluding carboxylic acids is 1. The standard InChI is InChI=1S/C20H15ClF4N4O3S/c1-10-15(3-4-17(22)28-10)32-16-9-13(20(23,24)25)14(21)8-12(16)19(30)29-11-5-6-27-18(7-11)33(31)26-2/h3-9,26H,1-2H3,(H,27,29,30). The summed E-state index contributed by atoms with van der Waals surface area (Å²) >= 11 is 4.16. The summed E-state index contributed by atoms with van der Waals surface area (Å²) in [4.78, 5) is 20.4. The van der Waals surface area contributed by atoms with Crippen molar-refractivity contribution in [2.45, 2.75) is 18.1 Å². The van der Waals surface area contributed by atoms with E-state index in [0.717, 1.165) is 12.1 Å². The number of rotatable bonds is 6. The second-order valence-corrected chi connectivity index (χ2v) is 8.23. The van der Waals surface area contributed by atoms with E-state index < -0.39 is 45.7 Å². The van der Waals surface area contributed by atoms with Gasteiger partial charge in [0.05, 0.1) is 33.2 Å². The quantitative estimate of drug-likeness (QED) is 0.283. The van der Waals surface area contributed by atoms with Crippen molar-refractivity contribution in [1.82, 2.24) is 14.7 Å². The highest BCUT2D eigenvalue weighted by molar-refractivity contribution is 7.89. The van der Waals surface area contributed by atoms with E-state index in [0.29, 0.717) is 6.07 Å². The second-order valence-electron chi connectivity index (χ2n) is 6.46. The number of nitrogens with one attached hydrogen (secondary N) is 2. The predicted octanol–water partition coefficient (Wildman–Crippen LogP) is 4.88. The Morgan fingerprint density at radius 2 is 1.91 bits per heavy atom. The molecule has 1 unspecified atom stereocenters. The maximum Gasteiger partial charge on any atom is 0.417 e. The Kier molecular flexibility index (Phi) is 7.42. The molecule has 0 spiro atoms. The first kappa shape index (κ1) is 24.7. The van der Waals surface area contributed by atoms with Gasteiger partial charge in [0.15, 0.2) is 0 Å². The number of halogens is 5. The minimum atomic E-state index is -4.82. The van der Waals surface area contributed by atoms with Crippen LogP contribution in [0.25, 0.3) is 0 Å². The first-order valence-corrected chi connectivity index (χ1v) is 10.6. The van der Waals surface area contributed by atoms with Gasteiger partial charge in [0.25, 0.3) is 10.9 Å². The van der Waals surface area contributed by atoms with E-state index in [-0.39, 0.29) is 27.7 Å². The van der Waals surface area contributed by atoms with Crippen molar-refractivity contribution < 1.29 is 31.6 Å². The molecule has 33 heavy (non-hydrogen) atoms. The van der Waals surface area contributed by atoms with E-state index in [1.807, 2.05) is 0 Å². The summed E-state index contributed by atoms with van der Waals surface area (Å²) in [6.07, 6.45) is -3.53. The number of pyridine rings is 2. The van der Waals surface area contributed by atoms with Gasteiger partial charge in [0.1, 0.15) is 11.5 Å². The molecule has 0 saturated heterocycles. The SMILES string of the molecule is CN[S+]([O-])c1cc(NC(=O)c2cc(Cl)c(C(F)(F)F)cc2Oc2ccc(F)nc2C)ccn1. The van der Waals surface area contributed by atoms with Gasteiger partial charge in [-0.2, -0.15) is 17.6 Å². The molecule has 2 N–H and O–H groups in total. The third-order valence-corrected chi connectivity index (χ3v) is 5.50. The molecule has 2 aromatic heterocycles. The van der Waals surface area contributed by atoms with Crippen molar-refractivity contribution in [3.8, 4) is 11.5 Å². The molecule has 7 nitrogen and oxygen atoms in total. The highest BCUT2D eigenvalue weighted by atomic mass is 35.5. The third-order valence-electron chi connectivity index (χ3n) is 4.21. The molecule has 3 aromatic rings. The lowest BCUT2D eigenvalue weighted by atomic mass is 10.1. The molecule has 0 fully saturated rings. The number of benzene rings is 1. The summed E-state index contributed by atoms with van der Waals surface area (Å²) in [5.41, 5.74) is -1.32. The Balaban J connectivity index is 2.02. The third kappa shape index (κ3) is 5.90. The summed E-state index contributed by atoms with van der Waals surface area (Å²) in [6.45, 7) is 1.39. The molecular formula is C20H15ClF4N4O3S. The van der Waals surface area contributed by atoms with Crippen LogP contribution in [0, 0.1) is 12.9 Å². The molecule has 1 amide bonds. The lowest BCUT2D eigenvalue weighted by molar-refractivity contribution is -0.137. The average Bonchev–Trinajstić information content (AvgIpc) is 2.75. The number of ether oxygens (including phenoxy) is 1. The molecule has 2 heterocycles. The van der Waals surface area contributed by atoms with Crippen LogP contribution in [0.15, 0.2) is 47.6 Å². The van der Waals surface area contributed by atoms with Gasteiger partial charge in [0.2, 0.25) is 5.95 Å². The number of nitrogens with zero attached hydrogens (tertiary/aromatic N) is 2. The van der Waals surface area contributed by atoms with Crippen molar-refractivity contribution in [3.63, 3.8) is 0 Å². The topological polar surface area (TPSA) is 99.2 Å². The number of carbonyl (C=O) groups is 1. The van der Waals surface area contributed by atoms with E-state index in [4.69, 9.17) is 16.3 Å². The fraction of sp³-hybridized carbons (Fsp3) is 0.150. The van der Waals surface area contributed by atoms with Gasteiger partial charge in [-0.15, -0.1) is 4.72 Å². The maximum atomic E-state index is 13.4. The van der Waals surface area contributed by atoms with E-state index in [1.165, 1.54) is 38.4 Å². The van der Waals surface area contributed by atoms with Crippen LogP contribution in [0.5, 0.6) is 11.5 Å². The van der Waals surface area contributed by atoms with Gasteiger partial charge in [-0.05, 0) is 37.3 Å². The van der Waals surface area contributed by atoms with Crippen LogP contribution in [-0.4, -0.2) is 27.5 Å². The second kappa shape index (κ2) is 9.91. The van der Waals surface area contributed by atoms with Crippen LogP contribution < -0.4 is 14.8 Å². The Morgan fingerprint density at radius 1 is 1.18 bits per heavy atom. The van der Waals surface area contributed by atoms with Gasteiger partial charge < -0.3 is 14.6 Å². The van der Waals surface area contributed by atoms with Gasteiger partial charge in [-0.1, -0.05) is 11.6 Å². The zero-order valence-electron chi connectivity index (χ0n) is 17.0. The van der Waals surface area contributed by atoms with E-state index in [9.17, 15) is 26.9 Å². The number of alkyl halides is 3. The zero-order valence-corrected chi connectivity index (χ0v) is 18.5. The number of aryl methyl sites for hydroxylation is 1. The monoisotopic (exact) mass is 502 g/mol. The van der Waals surface area contributed by atoms with Crippen LogP contribution in [0.2, 0.25) is 5.02 Å². The van der Waals surface area contributed by atoms with Gasteiger partial charge in [-0.3, -0.25) is 4.79 Å². The van der Waals surface area contributed by atoms with Crippen molar-refractivity contribution in [3.05, 3.63) is 70.4 Å². The molecule has 3 rings (SSSR count). The Bertz CT molecular complexity index is 1200. The van der Waals surface area contributed by atoms with Crippen LogP contribution in [-0.2, 0) is 17.5 Å². The highest BCUT2D eigenvalue weighted by Crippen LogP contribution is 2.40. The van der Waals surface area contributed by atoms with E-state index in [1.54, 1.807) is 0 Å². The maximum absolute atomic E-state index is 13.4. The Morgan fingerprint density at radius 3 is 2.55 bits per heavy atom. The lowest BCUT2D eigenvalue weighted by Gasteiger charge is -2.17. The van der Waals surface area contributed by atoms with Gasteiger partial charge >= 0.3 is 6.18 Å². The van der Waals surface area contributed by atoms with Crippen molar-refractivity contribution in [2.75, 3.05) is 12.4 Å². The fourth-order valence-corrected chi connectivity index (χ4v) is 3.54. The lowest BCUT2D eigenvalue weighted by Crippen LogP contribution is -2.20. The molecule has 13 heteroatoms. The minimum Gasteiger partial charge on any atom is -0.592 e. The van der Waals surface area contributed by atoms with Crippen LogP contribution >= 0.6 is 11.6 Å². The van der Waals surface area contributed by atoms with Crippen LogP contribution in [0.1, 0.15) is 21.6 Å². The summed E-state index contributed by atoms with van der Waals surface area (Å²) in [6, 6.07) is 6.25. The van der Waals surface area contributed by atoms with E-state index in [2.05, 4.69) is 20.0 Å². The number of aromatic nitrogens is 2. The van der Waals surface area contributed by atoms with Crippen molar-refractivity contribution >= 4 is 34.6 Å². The summed E-state index contributed by atoms with van der Waals surface area (Å²) in [5.74, 6) is -2.21. The normalized spacial score (nSPS) is 12.4. The minimum absolute atomic E-state index is 0.0539. The number of amides is 1. The first-order valence-electron chi connectivity index (χ1n) is 9.08. The molecule has 1 aromatic carbocycles. The van der Waals surface area contributed by atoms with Crippen molar-refractivity contribution in [1.29, 1.82) is 0 Å². The van der Waals surface area contributed by atoms with E-state index >= 15 is 0 Å². The molecule has 174 valence electrons. The molecule has 0 radical (unpaired) electrons. The molecule has 0 bridgehead atoms. The first-order chi connectivity index (χ1) is 15.5. The molecule has 0 aliphatic rings. The van der Waals surface area contributed by atoms with Gasteiger partial charge in [-0.25, -0.2) is 9.97 Å². The summed E-state index contributed by atoms with van der Waals surface area (Å²) in [5, 5.41) is 1.87. The molecule has 1 atom stereocenters. The van der Waals surface area contributed by atoms with Crippen LogP contribution in [0.3, 0.4) is 0 Å². The molecule has 0 saturated carbocycles. The smallest absolute Gasteiger partial charge is 0.417 e. The van der Waals surface area contributed by atoms with Gasteiger partial charge in [0, 0.05) is 25.0 Å². The summed E-state index contributed by atoms with van der Waals surface area (Å²) in [7, 11) is 1.45. The largest absolute Gasteiger partial charge is 0.592 e. The fourth-order valence-electron chi connectivity index (χ4n) is 2.67. The molecular weight excluding hydrogens is 488 g/mol. The number of anilines is 1.